The van der Waals surface area contributed by atoms with Crippen molar-refractivity contribution in [2.45, 2.75) is 58.0 Å². The third-order valence-corrected chi connectivity index (χ3v) is 6.01. The summed E-state index contributed by atoms with van der Waals surface area (Å²) in [5.41, 5.74) is 2.25. The Morgan fingerprint density at radius 1 is 1.19 bits per heavy atom. The second-order valence-electron chi connectivity index (χ2n) is 5.28. The van der Waals surface area contributed by atoms with Gasteiger partial charge in [-0.2, -0.15) is 4.31 Å². The molecular formula is C16H28N2O2S. The van der Waals surface area contributed by atoms with Crippen molar-refractivity contribution in [2.24, 2.45) is 0 Å². The summed E-state index contributed by atoms with van der Waals surface area (Å²) < 4.78 is 27.2. The van der Waals surface area contributed by atoms with Crippen molar-refractivity contribution >= 4 is 10.0 Å². The lowest BCUT2D eigenvalue weighted by Gasteiger charge is -2.26. The number of sulfonamides is 1. The first kappa shape index (κ1) is 18.1. The number of nitrogens with one attached hydrogen (secondary N) is 1. The van der Waals surface area contributed by atoms with E-state index in [9.17, 15) is 8.42 Å². The summed E-state index contributed by atoms with van der Waals surface area (Å²) in [6, 6.07) is 5.50. The Morgan fingerprint density at radius 2 is 1.86 bits per heavy atom. The van der Waals surface area contributed by atoms with Gasteiger partial charge >= 0.3 is 0 Å². The highest BCUT2D eigenvalue weighted by atomic mass is 32.2. The zero-order valence-corrected chi connectivity index (χ0v) is 14.6. The van der Waals surface area contributed by atoms with E-state index in [1.807, 2.05) is 40.0 Å². The molecule has 0 amide bonds. The van der Waals surface area contributed by atoms with E-state index in [0.717, 1.165) is 18.4 Å². The maximum Gasteiger partial charge on any atom is 0.243 e. The molecule has 1 atom stereocenters. The summed E-state index contributed by atoms with van der Waals surface area (Å²) in [5.74, 6) is 0. The quantitative estimate of drug-likeness (QED) is 0.803. The van der Waals surface area contributed by atoms with Crippen LogP contribution in [-0.4, -0.2) is 32.4 Å². The zero-order valence-electron chi connectivity index (χ0n) is 13.8. The number of hydrogen-bond acceptors (Lipinski definition) is 3. The molecule has 0 aliphatic heterocycles. The van der Waals surface area contributed by atoms with Crippen molar-refractivity contribution in [3.63, 3.8) is 0 Å². The van der Waals surface area contributed by atoms with Crippen LogP contribution >= 0.6 is 0 Å². The number of rotatable bonds is 8. The van der Waals surface area contributed by atoms with Gasteiger partial charge in [-0.15, -0.1) is 0 Å². The lowest BCUT2D eigenvalue weighted by molar-refractivity contribution is 0.342. The van der Waals surface area contributed by atoms with Crippen molar-refractivity contribution in [1.29, 1.82) is 0 Å². The molecule has 0 heterocycles. The summed E-state index contributed by atoms with van der Waals surface area (Å²) in [5, 5.41) is 3.11. The molecule has 4 nitrogen and oxygen atoms in total. The van der Waals surface area contributed by atoms with E-state index in [4.69, 9.17) is 0 Å². The van der Waals surface area contributed by atoms with Crippen LogP contribution in [-0.2, 0) is 23.0 Å². The third-order valence-electron chi connectivity index (χ3n) is 3.93. The molecule has 1 unspecified atom stereocenters. The van der Waals surface area contributed by atoms with Crippen molar-refractivity contribution in [3.8, 4) is 0 Å². The van der Waals surface area contributed by atoms with E-state index < -0.39 is 10.0 Å². The van der Waals surface area contributed by atoms with Crippen molar-refractivity contribution in [2.75, 3.05) is 13.6 Å². The Labute approximate surface area is 129 Å². The molecule has 0 saturated carbocycles. The minimum Gasteiger partial charge on any atom is -0.316 e. The Hall–Kier alpha value is -0.910. The molecule has 0 saturated heterocycles. The fourth-order valence-electron chi connectivity index (χ4n) is 2.52. The van der Waals surface area contributed by atoms with Crippen LogP contribution in [0.25, 0.3) is 0 Å². The smallest absolute Gasteiger partial charge is 0.243 e. The van der Waals surface area contributed by atoms with E-state index in [1.165, 1.54) is 5.56 Å². The molecule has 120 valence electrons. The molecule has 1 rings (SSSR count). The zero-order chi connectivity index (χ0) is 16.0. The first-order chi connectivity index (χ1) is 9.92. The van der Waals surface area contributed by atoms with Gasteiger partial charge in [-0.3, -0.25) is 0 Å². The molecule has 0 fully saturated rings. The second kappa shape index (κ2) is 7.92. The van der Waals surface area contributed by atoms with E-state index in [2.05, 4.69) is 12.2 Å². The van der Waals surface area contributed by atoms with Crippen LogP contribution in [0.15, 0.2) is 23.1 Å². The standard InChI is InChI=1S/C16H28N2O2S/c1-6-13(4)18(8-3)21(19,20)16-10-9-14(7-2)15(11-16)12-17-5/h9-11,13,17H,6-8,12H2,1-5H3. The Balaban J connectivity index is 3.27. The Kier molecular flexibility index (Phi) is 6.84. The molecule has 0 aliphatic carbocycles. The highest BCUT2D eigenvalue weighted by Crippen LogP contribution is 2.22. The van der Waals surface area contributed by atoms with Gasteiger partial charge in [-0.25, -0.2) is 8.42 Å². The minimum atomic E-state index is -3.42. The van der Waals surface area contributed by atoms with Crippen molar-refractivity contribution < 1.29 is 8.42 Å². The molecule has 1 aromatic rings. The first-order valence-corrected chi connectivity index (χ1v) is 9.14. The van der Waals surface area contributed by atoms with Crippen LogP contribution in [0.4, 0.5) is 0 Å². The van der Waals surface area contributed by atoms with Gasteiger partial charge in [-0.1, -0.05) is 26.8 Å². The van der Waals surface area contributed by atoms with Gasteiger partial charge < -0.3 is 5.32 Å². The summed E-state index contributed by atoms with van der Waals surface area (Å²) in [7, 11) is -1.55. The molecule has 0 bridgehead atoms. The van der Waals surface area contributed by atoms with Gasteiger partial charge in [0, 0.05) is 19.1 Å². The molecular weight excluding hydrogens is 284 g/mol. The molecule has 0 aromatic heterocycles. The molecule has 1 aromatic carbocycles. The predicted octanol–water partition coefficient (Wildman–Crippen LogP) is 2.78. The Morgan fingerprint density at radius 3 is 2.33 bits per heavy atom. The number of benzene rings is 1. The van der Waals surface area contributed by atoms with Gasteiger partial charge in [0.2, 0.25) is 10.0 Å². The summed E-state index contributed by atoms with van der Waals surface area (Å²) in [6.07, 6.45) is 1.71. The van der Waals surface area contributed by atoms with Crippen LogP contribution < -0.4 is 5.32 Å². The highest BCUT2D eigenvalue weighted by molar-refractivity contribution is 7.89. The van der Waals surface area contributed by atoms with E-state index in [1.54, 1.807) is 10.4 Å². The fraction of sp³-hybridized carbons (Fsp3) is 0.625. The lowest BCUT2D eigenvalue weighted by Crippen LogP contribution is -2.38. The fourth-order valence-corrected chi connectivity index (χ4v) is 4.28. The van der Waals surface area contributed by atoms with Crippen LogP contribution in [0.5, 0.6) is 0 Å². The van der Waals surface area contributed by atoms with E-state index in [0.29, 0.717) is 18.0 Å². The van der Waals surface area contributed by atoms with Gasteiger partial charge in [0.15, 0.2) is 0 Å². The van der Waals surface area contributed by atoms with Gasteiger partial charge in [-0.05, 0) is 50.1 Å². The van der Waals surface area contributed by atoms with Crippen molar-refractivity contribution in [1.82, 2.24) is 9.62 Å². The lowest BCUT2D eigenvalue weighted by atomic mass is 10.1. The molecule has 0 aliphatic rings. The first-order valence-electron chi connectivity index (χ1n) is 7.70. The summed E-state index contributed by atoms with van der Waals surface area (Å²) in [6.45, 7) is 9.11. The summed E-state index contributed by atoms with van der Waals surface area (Å²) >= 11 is 0. The third kappa shape index (κ3) is 4.05. The largest absolute Gasteiger partial charge is 0.316 e. The van der Waals surface area contributed by atoms with Gasteiger partial charge in [0.25, 0.3) is 0 Å². The molecule has 21 heavy (non-hydrogen) atoms. The topological polar surface area (TPSA) is 49.4 Å². The molecule has 0 radical (unpaired) electrons. The van der Waals surface area contributed by atoms with Crippen LogP contribution in [0.1, 0.15) is 45.2 Å². The average Bonchev–Trinajstić information content (AvgIpc) is 2.47. The average molecular weight is 312 g/mol. The molecule has 1 N–H and O–H groups in total. The van der Waals surface area contributed by atoms with Crippen molar-refractivity contribution in [3.05, 3.63) is 29.3 Å². The van der Waals surface area contributed by atoms with Gasteiger partial charge in [0.1, 0.15) is 0 Å². The maximum absolute atomic E-state index is 12.8. The Bertz CT molecular complexity index is 555. The predicted molar refractivity (Wildman–Crippen MR) is 87.9 cm³/mol. The number of hydrogen-bond donors (Lipinski definition) is 1. The summed E-state index contributed by atoms with van der Waals surface area (Å²) in [4.78, 5) is 0.395. The van der Waals surface area contributed by atoms with Crippen LogP contribution in [0.3, 0.4) is 0 Å². The SMILES string of the molecule is CCc1ccc(S(=O)(=O)N(CC)C(C)CC)cc1CNC. The monoisotopic (exact) mass is 312 g/mol. The van der Waals surface area contributed by atoms with Gasteiger partial charge in [0.05, 0.1) is 4.90 Å². The highest BCUT2D eigenvalue weighted by Gasteiger charge is 2.27. The van der Waals surface area contributed by atoms with E-state index in [-0.39, 0.29) is 6.04 Å². The van der Waals surface area contributed by atoms with Crippen LogP contribution in [0, 0.1) is 0 Å². The molecule has 5 heteroatoms. The van der Waals surface area contributed by atoms with Crippen LogP contribution in [0.2, 0.25) is 0 Å². The maximum atomic E-state index is 12.8. The normalized spacial score (nSPS) is 13.6. The number of aryl methyl sites for hydroxylation is 1. The molecule has 0 spiro atoms. The van der Waals surface area contributed by atoms with E-state index >= 15 is 0 Å². The second-order valence-corrected chi connectivity index (χ2v) is 7.17. The minimum absolute atomic E-state index is 0.0126. The number of nitrogens with zero attached hydrogens (tertiary/aromatic N) is 1.